The predicted octanol–water partition coefficient (Wildman–Crippen LogP) is 7.39. The second kappa shape index (κ2) is 28.0. The van der Waals surface area contributed by atoms with Crippen LogP contribution in [0.2, 0.25) is 0 Å². The molecule has 3 aliphatic heterocycles. The highest BCUT2D eigenvalue weighted by Gasteiger charge is 2.47. The first-order valence-electron chi connectivity index (χ1n) is 26.4. The number of amides is 4. The van der Waals surface area contributed by atoms with Crippen LogP contribution in [0, 0.1) is 23.4 Å². The van der Waals surface area contributed by atoms with Gasteiger partial charge in [0.15, 0.2) is 28.6 Å². The van der Waals surface area contributed by atoms with Crippen LogP contribution < -0.4 is 5.56 Å². The minimum absolute atomic E-state index is 0.0305. The summed E-state index contributed by atoms with van der Waals surface area (Å²) in [7, 11) is 0. The summed E-state index contributed by atoms with van der Waals surface area (Å²) in [6.45, 7) is 6.46. The first kappa shape index (κ1) is 64.2. The van der Waals surface area contributed by atoms with Crippen molar-refractivity contribution < 1.29 is 84.4 Å². The van der Waals surface area contributed by atoms with Gasteiger partial charge in [0.2, 0.25) is 5.91 Å². The van der Waals surface area contributed by atoms with Crippen LogP contribution in [0.4, 0.5) is 26.3 Å². The molecule has 1 unspecified atom stereocenters. The first-order valence-corrected chi connectivity index (χ1v) is 26.4. The van der Waals surface area contributed by atoms with Crippen molar-refractivity contribution in [3.63, 3.8) is 0 Å². The SMILES string of the molecule is CC(C)OC(=O)c1ncccc1C(=O)N1CC(=O)N(Cc2ccc(F)cc2)C1.CC(C)OC(=O)c1ncccc1C(=O)O.O=C1CN(C(=O)C(F)(F)F)CC1Cc1ccc(F)cc1.O=C1c2c(O)c3ncccc3c(=O)n2CN1Cc1ccc(F)cc1. The average Bonchev–Trinajstić information content (AvgIpc) is 1.69. The number of carbonyl (C=O) groups is 8. The van der Waals surface area contributed by atoms with Crippen molar-refractivity contribution in [3.05, 3.63) is 200 Å². The Morgan fingerprint density at radius 3 is 1.62 bits per heavy atom. The van der Waals surface area contributed by atoms with Crippen LogP contribution in [0.1, 0.15) is 96.6 Å². The molecule has 0 bridgehead atoms. The van der Waals surface area contributed by atoms with Crippen LogP contribution in [0.15, 0.2) is 133 Å². The number of carbonyl (C=O) groups excluding carboxylic acids is 7. The molecule has 2 saturated heterocycles. The van der Waals surface area contributed by atoms with E-state index in [-0.39, 0.29) is 126 Å². The molecule has 0 aliphatic carbocycles. The number of carboxylic acids is 1. The molecule has 1 atom stereocenters. The van der Waals surface area contributed by atoms with Crippen molar-refractivity contribution in [3.8, 4) is 5.75 Å². The first-order chi connectivity index (χ1) is 41.2. The number of ether oxygens (including phenoxy) is 2. The molecule has 10 rings (SSSR count). The minimum atomic E-state index is -4.97. The molecule has 454 valence electrons. The Morgan fingerprint density at radius 2 is 1.10 bits per heavy atom. The number of rotatable bonds is 12. The standard InChI is InChI=1S/C20H20FN3O4.C17H12FN3O3.C13H11F4NO2.C10H11NO4/c1-13(2)28-20(27)18-16(4-3-9-22-18)19(26)24-11-17(25)23(12-24)10-14-5-7-15(21)8-6-14;18-11-5-3-10(4-6-11)8-20-9-21-14(17(20)24)15(22)13-12(16(21)23)2-1-7-19-13;14-10-3-1-8(2-4-10)5-9-6-18(7-11(9)19)12(20)13(15,16)17;1-6(2)15-10(14)8-7(9(12)13)4-3-5-11-8/h3-9,13H,10-12H2,1-2H3;1-7,22H,8-9H2;1-4,9H,5-7H2;3-6H,1-2H3,(H,12,13). The Kier molecular flexibility index (Phi) is 20.7. The molecule has 3 aromatic carbocycles. The largest absolute Gasteiger partial charge is 0.504 e. The smallest absolute Gasteiger partial charge is 0.471 e. The van der Waals surface area contributed by atoms with E-state index in [2.05, 4.69) is 15.0 Å². The molecule has 4 amide bonds. The van der Waals surface area contributed by atoms with Gasteiger partial charge in [0.05, 0.1) is 41.9 Å². The Bertz CT molecular complexity index is 3790. The number of Topliss-reactive ketones (excluding diaryl/α,β-unsaturated/α-hetero) is 1. The zero-order valence-electron chi connectivity index (χ0n) is 46.7. The van der Waals surface area contributed by atoms with E-state index in [1.807, 2.05) is 0 Å². The molecule has 87 heavy (non-hydrogen) atoms. The number of aromatic hydroxyl groups is 1. The van der Waals surface area contributed by atoms with E-state index < -0.39 is 65.9 Å². The number of aromatic carboxylic acids is 1. The van der Waals surface area contributed by atoms with Gasteiger partial charge in [-0.15, -0.1) is 0 Å². The summed E-state index contributed by atoms with van der Waals surface area (Å²) in [5, 5.41) is 19.4. The molecule has 0 spiro atoms. The van der Waals surface area contributed by atoms with E-state index in [4.69, 9.17) is 14.6 Å². The van der Waals surface area contributed by atoms with Gasteiger partial charge in [0.1, 0.15) is 36.2 Å². The van der Waals surface area contributed by atoms with Crippen LogP contribution in [-0.4, -0.2) is 141 Å². The Labute approximate surface area is 491 Å². The number of fused-ring (bicyclic) bond motifs is 2. The Hall–Kier alpha value is -10.3. The summed E-state index contributed by atoms with van der Waals surface area (Å²) >= 11 is 0. The van der Waals surface area contributed by atoms with Gasteiger partial charge in [-0.1, -0.05) is 36.4 Å². The number of alkyl halides is 3. The number of likely N-dealkylation sites (tertiary alicyclic amines) is 1. The summed E-state index contributed by atoms with van der Waals surface area (Å²) in [5.74, 6) is -8.28. The topological polar surface area (TPSA) is 269 Å². The van der Waals surface area contributed by atoms with Crippen LogP contribution in [0.3, 0.4) is 0 Å². The van der Waals surface area contributed by atoms with Gasteiger partial charge in [-0.3, -0.25) is 38.3 Å². The molecule has 4 aromatic heterocycles. The molecular formula is C60H54F6N8O13. The lowest BCUT2D eigenvalue weighted by Crippen LogP contribution is -2.39. The van der Waals surface area contributed by atoms with Gasteiger partial charge in [-0.25, -0.2) is 37.5 Å². The summed E-state index contributed by atoms with van der Waals surface area (Å²) in [4.78, 5) is 124. The van der Waals surface area contributed by atoms with Crippen molar-refractivity contribution in [2.45, 2.75) is 72.3 Å². The summed E-state index contributed by atoms with van der Waals surface area (Å²) in [6.07, 6.45) is -1.22. The van der Waals surface area contributed by atoms with Gasteiger partial charge < -0.3 is 39.3 Å². The highest BCUT2D eigenvalue weighted by atomic mass is 19.4. The maximum absolute atomic E-state index is 13.0. The number of carboxylic acid groups (broad SMARTS) is 1. The quantitative estimate of drug-likeness (QED) is 0.0892. The zero-order valence-corrected chi connectivity index (χ0v) is 46.7. The number of benzene rings is 3. The van der Waals surface area contributed by atoms with Gasteiger partial charge in [0.25, 0.3) is 17.4 Å². The highest BCUT2D eigenvalue weighted by molar-refractivity contribution is 6.06. The molecule has 2 fully saturated rings. The molecule has 2 N–H and O–H groups in total. The van der Waals surface area contributed by atoms with E-state index in [9.17, 15) is 74.6 Å². The van der Waals surface area contributed by atoms with Crippen molar-refractivity contribution in [1.29, 1.82) is 0 Å². The lowest BCUT2D eigenvalue weighted by Gasteiger charge is -2.19. The zero-order chi connectivity index (χ0) is 63.4. The number of nitrogens with zero attached hydrogens (tertiary/aromatic N) is 8. The number of halogens is 6. The van der Waals surface area contributed by atoms with Crippen molar-refractivity contribution in [2.24, 2.45) is 5.92 Å². The fourth-order valence-electron chi connectivity index (χ4n) is 8.96. The number of pyridine rings is 4. The van der Waals surface area contributed by atoms with Gasteiger partial charge in [-0.05, 0) is 124 Å². The molecule has 0 saturated carbocycles. The lowest BCUT2D eigenvalue weighted by molar-refractivity contribution is -0.184. The number of hydrogen-bond acceptors (Lipinski definition) is 15. The molecule has 7 aromatic rings. The van der Waals surface area contributed by atoms with Crippen molar-refractivity contribution in [1.82, 2.24) is 39.1 Å². The maximum Gasteiger partial charge on any atom is 0.471 e. The monoisotopic (exact) mass is 1210 g/mol. The van der Waals surface area contributed by atoms with Gasteiger partial charge >= 0.3 is 30.0 Å². The van der Waals surface area contributed by atoms with Crippen LogP contribution in [0.25, 0.3) is 10.9 Å². The second-order valence-electron chi connectivity index (χ2n) is 20.2. The Morgan fingerprint density at radius 1 is 0.621 bits per heavy atom. The third-order valence-corrected chi connectivity index (χ3v) is 13.0. The van der Waals surface area contributed by atoms with Crippen LogP contribution in [0.5, 0.6) is 5.75 Å². The lowest BCUT2D eigenvalue weighted by atomic mass is 9.98. The van der Waals surface area contributed by atoms with Crippen molar-refractivity contribution in [2.75, 3.05) is 26.3 Å². The fourth-order valence-corrected chi connectivity index (χ4v) is 8.96. The normalized spacial score (nSPS) is 14.4. The second-order valence-corrected chi connectivity index (χ2v) is 20.2. The third-order valence-electron chi connectivity index (χ3n) is 13.0. The molecule has 27 heteroatoms. The maximum atomic E-state index is 13.0. The average molecular weight is 1210 g/mol. The molecule has 3 aliphatic rings. The highest BCUT2D eigenvalue weighted by Crippen LogP contribution is 2.30. The number of ketones is 1. The summed E-state index contributed by atoms with van der Waals surface area (Å²) < 4.78 is 86.9. The molecule has 21 nitrogen and oxygen atoms in total. The van der Waals surface area contributed by atoms with Crippen molar-refractivity contribution >= 4 is 58.2 Å². The van der Waals surface area contributed by atoms with Crippen LogP contribution >= 0.6 is 0 Å². The summed E-state index contributed by atoms with van der Waals surface area (Å²) in [6, 6.07) is 25.9. The Balaban J connectivity index is 0.000000170. The predicted molar refractivity (Wildman–Crippen MR) is 295 cm³/mol. The van der Waals surface area contributed by atoms with Gasteiger partial charge in [0, 0.05) is 44.1 Å². The molecule has 0 radical (unpaired) electrons. The summed E-state index contributed by atoms with van der Waals surface area (Å²) in [5.41, 5.74) is 1.50. The third kappa shape index (κ3) is 16.3. The minimum Gasteiger partial charge on any atom is -0.504 e. The van der Waals surface area contributed by atoms with E-state index in [1.165, 1.54) is 105 Å². The van der Waals surface area contributed by atoms with E-state index in [1.54, 1.807) is 70.2 Å². The number of hydrogen-bond donors (Lipinski definition) is 2. The van der Waals surface area contributed by atoms with E-state index >= 15 is 0 Å². The number of aromatic nitrogens is 4. The van der Waals surface area contributed by atoms with E-state index in [0.717, 1.165) is 11.1 Å². The van der Waals surface area contributed by atoms with Crippen LogP contribution in [-0.2, 0) is 50.0 Å². The van der Waals surface area contributed by atoms with Gasteiger partial charge in [-0.2, -0.15) is 13.2 Å². The van der Waals surface area contributed by atoms with E-state index in [0.29, 0.717) is 10.5 Å². The number of esters is 2. The molecule has 7 heterocycles. The fraction of sp³-hybridized carbons (Fsp3) is 0.267. The molecular weight excluding hydrogens is 1150 g/mol.